The molecule has 0 spiro atoms. The van der Waals surface area contributed by atoms with Crippen LogP contribution in [0.4, 0.5) is 4.79 Å². The molecule has 104 valence electrons. The minimum absolute atomic E-state index is 0.262. The SMILES string of the molecule is CCCN(CC(=O)O)C(=O)NC(C)c1ccccn1. The van der Waals surface area contributed by atoms with Crippen molar-refractivity contribution < 1.29 is 14.7 Å². The number of aromatic nitrogens is 1. The monoisotopic (exact) mass is 265 g/mol. The number of rotatable bonds is 6. The van der Waals surface area contributed by atoms with Crippen LogP contribution in [-0.4, -0.2) is 40.1 Å². The fourth-order valence-electron chi connectivity index (χ4n) is 1.67. The Morgan fingerprint density at radius 3 is 2.74 bits per heavy atom. The maximum absolute atomic E-state index is 12.0. The molecule has 1 aromatic heterocycles. The second-order valence-electron chi connectivity index (χ2n) is 4.24. The molecular weight excluding hydrogens is 246 g/mol. The van der Waals surface area contributed by atoms with E-state index in [2.05, 4.69) is 10.3 Å². The zero-order chi connectivity index (χ0) is 14.3. The van der Waals surface area contributed by atoms with Crippen LogP contribution in [0.1, 0.15) is 32.0 Å². The van der Waals surface area contributed by atoms with Crippen LogP contribution in [-0.2, 0) is 4.79 Å². The second-order valence-corrected chi connectivity index (χ2v) is 4.24. The molecule has 0 fully saturated rings. The highest BCUT2D eigenvalue weighted by Crippen LogP contribution is 2.08. The van der Waals surface area contributed by atoms with E-state index >= 15 is 0 Å². The molecule has 1 unspecified atom stereocenters. The van der Waals surface area contributed by atoms with Gasteiger partial charge >= 0.3 is 12.0 Å². The van der Waals surface area contributed by atoms with Gasteiger partial charge in [-0.3, -0.25) is 9.78 Å². The zero-order valence-corrected chi connectivity index (χ0v) is 11.2. The summed E-state index contributed by atoms with van der Waals surface area (Å²) < 4.78 is 0. The summed E-state index contributed by atoms with van der Waals surface area (Å²) in [5.74, 6) is -1.02. The van der Waals surface area contributed by atoms with Crippen LogP contribution in [0.25, 0.3) is 0 Å². The van der Waals surface area contributed by atoms with E-state index in [1.807, 2.05) is 26.0 Å². The lowest BCUT2D eigenvalue weighted by molar-refractivity contribution is -0.137. The molecule has 0 saturated carbocycles. The zero-order valence-electron chi connectivity index (χ0n) is 11.2. The van der Waals surface area contributed by atoms with Crippen molar-refractivity contribution in [2.24, 2.45) is 0 Å². The molecule has 1 atom stereocenters. The molecule has 6 heteroatoms. The van der Waals surface area contributed by atoms with E-state index < -0.39 is 5.97 Å². The normalized spacial score (nSPS) is 11.7. The summed E-state index contributed by atoms with van der Waals surface area (Å²) in [4.78, 5) is 28.1. The van der Waals surface area contributed by atoms with E-state index in [1.54, 1.807) is 12.3 Å². The van der Waals surface area contributed by atoms with Crippen molar-refractivity contribution in [1.29, 1.82) is 0 Å². The number of aliphatic carboxylic acids is 1. The predicted molar refractivity (Wildman–Crippen MR) is 70.7 cm³/mol. The number of urea groups is 1. The van der Waals surface area contributed by atoms with Crippen LogP contribution < -0.4 is 5.32 Å². The third kappa shape index (κ3) is 4.95. The van der Waals surface area contributed by atoms with Crippen LogP contribution in [0.5, 0.6) is 0 Å². The number of carbonyl (C=O) groups is 2. The fraction of sp³-hybridized carbons (Fsp3) is 0.462. The lowest BCUT2D eigenvalue weighted by Gasteiger charge is -2.23. The first-order valence-corrected chi connectivity index (χ1v) is 6.22. The summed E-state index contributed by atoms with van der Waals surface area (Å²) >= 11 is 0. The van der Waals surface area contributed by atoms with Crippen molar-refractivity contribution >= 4 is 12.0 Å². The van der Waals surface area contributed by atoms with E-state index in [-0.39, 0.29) is 18.6 Å². The summed E-state index contributed by atoms with van der Waals surface area (Å²) in [6.07, 6.45) is 2.36. The first kappa shape index (κ1) is 14.9. The number of carboxylic acids is 1. The Hall–Kier alpha value is -2.11. The summed E-state index contributed by atoms with van der Waals surface area (Å²) in [6, 6.07) is 4.80. The molecule has 0 saturated heterocycles. The van der Waals surface area contributed by atoms with E-state index in [4.69, 9.17) is 5.11 Å². The molecule has 1 rings (SSSR count). The standard InChI is InChI=1S/C13H19N3O3/c1-3-8-16(9-12(17)18)13(19)15-10(2)11-6-4-5-7-14-11/h4-7,10H,3,8-9H2,1-2H3,(H,15,19)(H,17,18). The van der Waals surface area contributed by atoms with Gasteiger partial charge < -0.3 is 15.3 Å². The number of nitrogens with one attached hydrogen (secondary N) is 1. The van der Waals surface area contributed by atoms with Gasteiger partial charge in [0.2, 0.25) is 0 Å². The maximum atomic E-state index is 12.0. The maximum Gasteiger partial charge on any atom is 0.323 e. The molecule has 0 radical (unpaired) electrons. The summed E-state index contributed by atoms with van der Waals surface area (Å²) in [7, 11) is 0. The summed E-state index contributed by atoms with van der Waals surface area (Å²) in [6.45, 7) is 3.82. The van der Waals surface area contributed by atoms with Crippen LogP contribution in [0, 0.1) is 0 Å². The minimum Gasteiger partial charge on any atom is -0.480 e. The highest BCUT2D eigenvalue weighted by atomic mass is 16.4. The van der Waals surface area contributed by atoms with Crippen molar-refractivity contribution in [2.45, 2.75) is 26.3 Å². The molecule has 6 nitrogen and oxygen atoms in total. The van der Waals surface area contributed by atoms with Crippen LogP contribution in [0.2, 0.25) is 0 Å². The average molecular weight is 265 g/mol. The summed E-state index contributed by atoms with van der Waals surface area (Å²) in [5, 5.41) is 11.5. The molecule has 0 aliphatic carbocycles. The van der Waals surface area contributed by atoms with Crippen LogP contribution in [0.15, 0.2) is 24.4 Å². The van der Waals surface area contributed by atoms with Gasteiger partial charge in [0.25, 0.3) is 0 Å². The van der Waals surface area contributed by atoms with Gasteiger partial charge in [-0.05, 0) is 25.5 Å². The van der Waals surface area contributed by atoms with Gasteiger partial charge in [0, 0.05) is 12.7 Å². The van der Waals surface area contributed by atoms with Crippen LogP contribution in [0.3, 0.4) is 0 Å². The Labute approximate surface area is 112 Å². The first-order valence-electron chi connectivity index (χ1n) is 6.22. The van der Waals surface area contributed by atoms with Crippen molar-refractivity contribution in [3.8, 4) is 0 Å². The van der Waals surface area contributed by atoms with Crippen molar-refractivity contribution in [3.63, 3.8) is 0 Å². The van der Waals surface area contributed by atoms with Gasteiger partial charge in [-0.25, -0.2) is 4.79 Å². The third-order valence-electron chi connectivity index (χ3n) is 2.58. The Kier molecular flexibility index (Phi) is 5.78. The van der Waals surface area contributed by atoms with E-state index in [9.17, 15) is 9.59 Å². The lowest BCUT2D eigenvalue weighted by Crippen LogP contribution is -2.44. The fourth-order valence-corrected chi connectivity index (χ4v) is 1.67. The molecular formula is C13H19N3O3. The number of hydrogen-bond donors (Lipinski definition) is 2. The van der Waals surface area contributed by atoms with Gasteiger partial charge in [-0.15, -0.1) is 0 Å². The second kappa shape index (κ2) is 7.35. The number of pyridine rings is 1. The summed E-state index contributed by atoms with van der Waals surface area (Å²) in [5.41, 5.74) is 0.739. The highest BCUT2D eigenvalue weighted by Gasteiger charge is 2.18. The van der Waals surface area contributed by atoms with Gasteiger partial charge in [0.05, 0.1) is 11.7 Å². The topological polar surface area (TPSA) is 82.5 Å². The van der Waals surface area contributed by atoms with Crippen LogP contribution >= 0.6 is 0 Å². The van der Waals surface area contributed by atoms with Gasteiger partial charge in [0.15, 0.2) is 0 Å². The molecule has 0 aliphatic rings. The molecule has 1 aromatic rings. The van der Waals surface area contributed by atoms with Crippen molar-refractivity contribution in [2.75, 3.05) is 13.1 Å². The Bertz CT molecular complexity index is 422. The lowest BCUT2D eigenvalue weighted by atomic mass is 10.2. The van der Waals surface area contributed by atoms with E-state index in [0.29, 0.717) is 13.0 Å². The Balaban J connectivity index is 2.63. The van der Waals surface area contributed by atoms with Crippen molar-refractivity contribution in [3.05, 3.63) is 30.1 Å². The number of hydrogen-bond acceptors (Lipinski definition) is 3. The largest absolute Gasteiger partial charge is 0.480 e. The number of carboxylic acid groups (broad SMARTS) is 1. The smallest absolute Gasteiger partial charge is 0.323 e. The van der Waals surface area contributed by atoms with Gasteiger partial charge in [-0.1, -0.05) is 13.0 Å². The third-order valence-corrected chi connectivity index (χ3v) is 2.58. The molecule has 2 N–H and O–H groups in total. The molecule has 2 amide bonds. The number of nitrogens with zero attached hydrogens (tertiary/aromatic N) is 2. The minimum atomic E-state index is -1.02. The molecule has 1 heterocycles. The Morgan fingerprint density at radius 1 is 1.47 bits per heavy atom. The van der Waals surface area contributed by atoms with E-state index in [1.165, 1.54) is 4.90 Å². The predicted octanol–water partition coefficient (Wildman–Crippen LogP) is 1.65. The average Bonchev–Trinajstić information content (AvgIpc) is 2.38. The molecule has 19 heavy (non-hydrogen) atoms. The first-order chi connectivity index (χ1) is 9.04. The van der Waals surface area contributed by atoms with E-state index in [0.717, 1.165) is 5.69 Å². The van der Waals surface area contributed by atoms with Gasteiger partial charge in [-0.2, -0.15) is 0 Å². The molecule has 0 aliphatic heterocycles. The Morgan fingerprint density at radius 2 is 2.21 bits per heavy atom. The molecule has 0 aromatic carbocycles. The van der Waals surface area contributed by atoms with Crippen molar-refractivity contribution in [1.82, 2.24) is 15.2 Å². The number of amides is 2. The molecule has 0 bridgehead atoms. The van der Waals surface area contributed by atoms with Gasteiger partial charge in [0.1, 0.15) is 6.54 Å². The number of carbonyl (C=O) groups excluding carboxylic acids is 1. The highest BCUT2D eigenvalue weighted by molar-refractivity contribution is 5.80. The quantitative estimate of drug-likeness (QED) is 0.819.